The normalized spacial score (nSPS) is 23.2. The Labute approximate surface area is 92.5 Å². The van der Waals surface area contributed by atoms with Crippen molar-refractivity contribution in [1.29, 1.82) is 0 Å². The minimum atomic E-state index is -0.610. The van der Waals surface area contributed by atoms with E-state index >= 15 is 0 Å². The molecule has 1 saturated heterocycles. The Morgan fingerprint density at radius 3 is 2.87 bits per heavy atom. The Balaban J connectivity index is 2.48. The van der Waals surface area contributed by atoms with Crippen molar-refractivity contribution in [1.82, 2.24) is 10.6 Å². The number of nitrogens with one attached hydrogen (secondary N) is 2. The maximum Gasteiger partial charge on any atom is 0.249 e. The lowest BCUT2D eigenvalue weighted by Gasteiger charge is -2.22. The van der Waals surface area contributed by atoms with Gasteiger partial charge in [-0.25, -0.2) is 0 Å². The molecule has 1 aliphatic heterocycles. The molecule has 0 radical (unpaired) electrons. The van der Waals surface area contributed by atoms with Gasteiger partial charge in [0.2, 0.25) is 17.7 Å². The maximum absolute atomic E-state index is 11.4. The van der Waals surface area contributed by atoms with Crippen LogP contribution in [0, 0.1) is 5.92 Å². The number of carbonyl (C=O) groups excluding carboxylic acids is 3. The number of alkyl halides is 1. The van der Waals surface area contributed by atoms with Crippen molar-refractivity contribution < 1.29 is 14.4 Å². The van der Waals surface area contributed by atoms with E-state index in [0.717, 1.165) is 0 Å². The molecule has 0 saturated carbocycles. The fourth-order valence-corrected chi connectivity index (χ4v) is 1.36. The van der Waals surface area contributed by atoms with E-state index in [0.29, 0.717) is 6.42 Å². The summed E-state index contributed by atoms with van der Waals surface area (Å²) in [5.41, 5.74) is 0. The molecule has 6 heteroatoms. The van der Waals surface area contributed by atoms with Gasteiger partial charge in [-0.3, -0.25) is 19.7 Å². The van der Waals surface area contributed by atoms with Crippen molar-refractivity contribution >= 4 is 29.3 Å². The second-order valence-corrected chi connectivity index (χ2v) is 3.88. The first kappa shape index (κ1) is 12.0. The van der Waals surface area contributed by atoms with E-state index in [9.17, 15) is 14.4 Å². The largest absolute Gasteiger partial charge is 0.344 e. The van der Waals surface area contributed by atoms with Gasteiger partial charge in [-0.15, -0.1) is 11.6 Å². The van der Waals surface area contributed by atoms with Crippen molar-refractivity contribution in [2.24, 2.45) is 5.92 Å². The lowest BCUT2D eigenvalue weighted by atomic mass is 10.1. The standard InChI is InChI=1S/C9H13ClN2O3/c1-5(4-10)8(14)11-6-2-3-7(13)12-9(6)15/h5-6H,2-4H2,1H3,(H,11,14)(H,12,13,15). The third-order valence-electron chi connectivity index (χ3n) is 2.23. The van der Waals surface area contributed by atoms with E-state index in [2.05, 4.69) is 10.6 Å². The molecular weight excluding hydrogens is 220 g/mol. The highest BCUT2D eigenvalue weighted by molar-refractivity contribution is 6.19. The molecule has 84 valence electrons. The molecule has 0 bridgehead atoms. The van der Waals surface area contributed by atoms with E-state index in [-0.39, 0.29) is 30.0 Å². The quantitative estimate of drug-likeness (QED) is 0.522. The van der Waals surface area contributed by atoms with E-state index in [4.69, 9.17) is 11.6 Å². The number of rotatable bonds is 3. The molecule has 5 nitrogen and oxygen atoms in total. The van der Waals surface area contributed by atoms with Gasteiger partial charge >= 0.3 is 0 Å². The number of carbonyl (C=O) groups is 3. The predicted molar refractivity (Wildman–Crippen MR) is 54.2 cm³/mol. The van der Waals surface area contributed by atoms with Crippen LogP contribution in [0.2, 0.25) is 0 Å². The van der Waals surface area contributed by atoms with Crippen molar-refractivity contribution in [3.63, 3.8) is 0 Å². The fourth-order valence-electron chi connectivity index (χ4n) is 1.22. The molecule has 0 aromatic rings. The second kappa shape index (κ2) is 5.11. The molecule has 2 unspecified atom stereocenters. The Morgan fingerprint density at radius 2 is 2.33 bits per heavy atom. The lowest BCUT2D eigenvalue weighted by molar-refractivity contribution is -0.137. The molecule has 2 atom stereocenters. The first-order valence-corrected chi connectivity index (χ1v) is 5.28. The van der Waals surface area contributed by atoms with E-state index in [1.54, 1.807) is 6.92 Å². The van der Waals surface area contributed by atoms with E-state index < -0.39 is 11.9 Å². The Hall–Kier alpha value is -1.10. The smallest absolute Gasteiger partial charge is 0.249 e. The summed E-state index contributed by atoms with van der Waals surface area (Å²) in [5.74, 6) is -1.13. The maximum atomic E-state index is 11.4. The molecule has 1 aliphatic rings. The summed E-state index contributed by atoms with van der Waals surface area (Å²) in [6.45, 7) is 1.67. The number of imide groups is 1. The van der Waals surface area contributed by atoms with Crippen LogP contribution in [0.25, 0.3) is 0 Å². The summed E-state index contributed by atoms with van der Waals surface area (Å²) in [6.07, 6.45) is 0.608. The van der Waals surface area contributed by atoms with Crippen LogP contribution in [-0.4, -0.2) is 29.6 Å². The number of hydrogen-bond donors (Lipinski definition) is 2. The zero-order valence-electron chi connectivity index (χ0n) is 8.38. The first-order valence-electron chi connectivity index (χ1n) is 4.74. The van der Waals surface area contributed by atoms with Crippen LogP contribution in [0.4, 0.5) is 0 Å². The summed E-state index contributed by atoms with van der Waals surface area (Å²) in [5, 5.41) is 4.72. The van der Waals surface area contributed by atoms with Crippen molar-refractivity contribution in [3.8, 4) is 0 Å². The van der Waals surface area contributed by atoms with Gasteiger partial charge in [0.05, 0.1) is 0 Å². The van der Waals surface area contributed by atoms with Crippen molar-refractivity contribution in [2.75, 3.05) is 5.88 Å². The topological polar surface area (TPSA) is 75.3 Å². The van der Waals surface area contributed by atoms with Crippen LogP contribution >= 0.6 is 11.6 Å². The molecule has 15 heavy (non-hydrogen) atoms. The summed E-state index contributed by atoms with van der Waals surface area (Å²) < 4.78 is 0. The average Bonchev–Trinajstić information content (AvgIpc) is 2.20. The third kappa shape index (κ3) is 3.20. The van der Waals surface area contributed by atoms with Crippen LogP contribution in [0.3, 0.4) is 0 Å². The zero-order valence-corrected chi connectivity index (χ0v) is 9.13. The molecule has 1 heterocycles. The first-order chi connectivity index (χ1) is 7.04. The van der Waals surface area contributed by atoms with Gasteiger partial charge in [0.1, 0.15) is 6.04 Å². The van der Waals surface area contributed by atoms with Gasteiger partial charge < -0.3 is 5.32 Å². The molecule has 0 aromatic heterocycles. The van der Waals surface area contributed by atoms with Gasteiger partial charge in [-0.05, 0) is 6.42 Å². The Kier molecular flexibility index (Phi) is 4.08. The zero-order chi connectivity index (χ0) is 11.4. The predicted octanol–water partition coefficient (Wildman–Crippen LogP) is -0.217. The average molecular weight is 233 g/mol. The molecule has 0 aliphatic carbocycles. The molecule has 0 spiro atoms. The summed E-state index contributed by atoms with van der Waals surface area (Å²) in [6, 6.07) is -0.610. The van der Waals surface area contributed by atoms with Crippen LogP contribution in [0.5, 0.6) is 0 Å². The van der Waals surface area contributed by atoms with Gasteiger partial charge in [-0.1, -0.05) is 6.92 Å². The Morgan fingerprint density at radius 1 is 1.67 bits per heavy atom. The van der Waals surface area contributed by atoms with Crippen LogP contribution in [0.15, 0.2) is 0 Å². The van der Waals surface area contributed by atoms with Gasteiger partial charge in [0.25, 0.3) is 0 Å². The summed E-state index contributed by atoms with van der Waals surface area (Å²) in [4.78, 5) is 33.5. The van der Waals surface area contributed by atoms with E-state index in [1.807, 2.05) is 0 Å². The highest BCUT2D eigenvalue weighted by Crippen LogP contribution is 2.06. The lowest BCUT2D eigenvalue weighted by Crippen LogP contribution is -2.53. The minimum absolute atomic E-state index is 0.207. The van der Waals surface area contributed by atoms with Gasteiger partial charge in [0, 0.05) is 18.2 Å². The SMILES string of the molecule is CC(CCl)C(=O)NC1CCC(=O)NC1=O. The number of halogens is 1. The molecule has 2 N–H and O–H groups in total. The number of amides is 3. The molecule has 1 fully saturated rings. The number of hydrogen-bond acceptors (Lipinski definition) is 3. The fraction of sp³-hybridized carbons (Fsp3) is 0.667. The Bertz CT molecular complexity index is 293. The van der Waals surface area contributed by atoms with Crippen LogP contribution < -0.4 is 10.6 Å². The third-order valence-corrected chi connectivity index (χ3v) is 2.70. The van der Waals surface area contributed by atoms with Crippen LogP contribution in [0.1, 0.15) is 19.8 Å². The molecule has 3 amide bonds. The highest BCUT2D eigenvalue weighted by Gasteiger charge is 2.28. The monoisotopic (exact) mass is 232 g/mol. The van der Waals surface area contributed by atoms with Gasteiger partial charge in [0.15, 0.2) is 0 Å². The molecule has 1 rings (SSSR count). The highest BCUT2D eigenvalue weighted by atomic mass is 35.5. The van der Waals surface area contributed by atoms with E-state index in [1.165, 1.54) is 0 Å². The summed E-state index contributed by atoms with van der Waals surface area (Å²) >= 11 is 5.51. The minimum Gasteiger partial charge on any atom is -0.344 e. The number of piperidine rings is 1. The van der Waals surface area contributed by atoms with Crippen LogP contribution in [-0.2, 0) is 14.4 Å². The van der Waals surface area contributed by atoms with Crippen molar-refractivity contribution in [2.45, 2.75) is 25.8 Å². The second-order valence-electron chi connectivity index (χ2n) is 3.57. The molecular formula is C9H13ClN2O3. The van der Waals surface area contributed by atoms with Gasteiger partial charge in [-0.2, -0.15) is 0 Å². The molecule has 0 aromatic carbocycles. The summed E-state index contributed by atoms with van der Waals surface area (Å²) in [7, 11) is 0. The van der Waals surface area contributed by atoms with Crippen molar-refractivity contribution in [3.05, 3.63) is 0 Å².